The van der Waals surface area contributed by atoms with Gasteiger partial charge in [-0.05, 0) is 29.7 Å². The van der Waals surface area contributed by atoms with Crippen molar-refractivity contribution in [3.8, 4) is 0 Å². The van der Waals surface area contributed by atoms with Crippen molar-refractivity contribution in [1.82, 2.24) is 20.6 Å². The van der Waals surface area contributed by atoms with Crippen LogP contribution in [0.4, 0.5) is 0 Å². The number of hydrogen-bond donors (Lipinski definition) is 6. The van der Waals surface area contributed by atoms with Crippen LogP contribution in [0.5, 0.6) is 0 Å². The quantitative estimate of drug-likeness (QED) is 0.229. The molecule has 4 aromatic rings. The van der Waals surface area contributed by atoms with E-state index in [1.54, 1.807) is 6.20 Å². The monoisotopic (exact) mass is 447 g/mol. The molecular weight excluding hydrogens is 422 g/mol. The number of para-hydroxylation sites is 2. The van der Waals surface area contributed by atoms with Crippen molar-refractivity contribution in [2.75, 3.05) is 6.54 Å². The van der Waals surface area contributed by atoms with Crippen LogP contribution in [0, 0.1) is 0 Å². The van der Waals surface area contributed by atoms with Crippen molar-refractivity contribution in [3.05, 3.63) is 72.1 Å². The number of nitrogens with two attached hydrogens (primary N) is 1. The summed E-state index contributed by atoms with van der Waals surface area (Å²) in [4.78, 5) is 42.8. The molecule has 0 radical (unpaired) electrons. The summed E-state index contributed by atoms with van der Waals surface area (Å²) in [5.41, 5.74) is 9.75. The summed E-state index contributed by atoms with van der Waals surface area (Å²) >= 11 is 0. The predicted molar refractivity (Wildman–Crippen MR) is 125 cm³/mol. The molecule has 0 aliphatic heterocycles. The number of amides is 2. The maximum atomic E-state index is 12.9. The van der Waals surface area contributed by atoms with Gasteiger partial charge in [0.05, 0.1) is 6.04 Å². The Bertz CT molecular complexity index is 1310. The predicted octanol–water partition coefficient (Wildman–Crippen LogP) is 1.45. The van der Waals surface area contributed by atoms with Crippen LogP contribution in [0.3, 0.4) is 0 Å². The number of aromatic nitrogens is 2. The summed E-state index contributed by atoms with van der Waals surface area (Å²) in [6.45, 7) is -0.541. The lowest BCUT2D eigenvalue weighted by molar-refractivity contribution is -0.138. The van der Waals surface area contributed by atoms with Crippen molar-refractivity contribution >= 4 is 39.6 Å². The molecule has 2 heterocycles. The van der Waals surface area contributed by atoms with Crippen LogP contribution in [-0.2, 0) is 27.2 Å². The van der Waals surface area contributed by atoms with E-state index in [-0.39, 0.29) is 12.8 Å². The molecular formula is C24H25N5O4. The first-order valence-electron chi connectivity index (χ1n) is 10.6. The van der Waals surface area contributed by atoms with Gasteiger partial charge >= 0.3 is 5.97 Å². The fourth-order valence-electron chi connectivity index (χ4n) is 3.92. The van der Waals surface area contributed by atoms with Gasteiger partial charge in [0.25, 0.3) is 0 Å². The largest absolute Gasteiger partial charge is 0.480 e. The van der Waals surface area contributed by atoms with Gasteiger partial charge in [0, 0.05) is 40.6 Å². The number of aromatic amines is 2. The van der Waals surface area contributed by atoms with Crippen LogP contribution >= 0.6 is 0 Å². The summed E-state index contributed by atoms with van der Waals surface area (Å²) in [6.07, 6.45) is 4.06. The zero-order valence-corrected chi connectivity index (χ0v) is 17.8. The Morgan fingerprint density at radius 3 is 1.97 bits per heavy atom. The molecule has 0 saturated heterocycles. The van der Waals surface area contributed by atoms with Crippen LogP contribution in [-0.4, -0.2) is 51.5 Å². The lowest BCUT2D eigenvalue weighted by Crippen LogP contribution is -2.53. The molecule has 7 N–H and O–H groups in total. The second-order valence-electron chi connectivity index (χ2n) is 7.91. The summed E-state index contributed by atoms with van der Waals surface area (Å²) in [6, 6.07) is 13.5. The lowest BCUT2D eigenvalue weighted by Gasteiger charge is -2.20. The van der Waals surface area contributed by atoms with E-state index in [1.807, 2.05) is 54.7 Å². The summed E-state index contributed by atoms with van der Waals surface area (Å²) in [7, 11) is 0. The van der Waals surface area contributed by atoms with Crippen molar-refractivity contribution in [3.63, 3.8) is 0 Å². The Kier molecular flexibility index (Phi) is 6.41. The molecule has 9 nitrogen and oxygen atoms in total. The van der Waals surface area contributed by atoms with Gasteiger partial charge in [0.2, 0.25) is 11.8 Å². The molecule has 2 amide bonds. The molecule has 0 aliphatic carbocycles. The van der Waals surface area contributed by atoms with Gasteiger partial charge in [-0.1, -0.05) is 36.4 Å². The zero-order valence-electron chi connectivity index (χ0n) is 17.8. The van der Waals surface area contributed by atoms with Gasteiger partial charge in [-0.25, -0.2) is 0 Å². The van der Waals surface area contributed by atoms with Crippen LogP contribution in [0.2, 0.25) is 0 Å². The van der Waals surface area contributed by atoms with E-state index in [4.69, 9.17) is 10.8 Å². The number of nitrogens with one attached hydrogen (secondary N) is 4. The minimum absolute atomic E-state index is 0.182. The average molecular weight is 447 g/mol. The smallest absolute Gasteiger partial charge is 0.322 e. The first kappa shape index (κ1) is 22.1. The fourth-order valence-corrected chi connectivity index (χ4v) is 3.92. The number of rotatable bonds is 9. The standard InChI is InChI=1S/C24H25N5O4/c25-18(9-14-11-26-19-7-3-1-5-16(14)19)23(32)29-21(24(33)28-13-22(30)31)10-15-12-27-20-8-4-2-6-17(15)20/h1-8,11-12,18,21,26-27H,9-10,13,25H2,(H,28,33)(H,29,32)(H,30,31). The molecule has 2 atom stereocenters. The van der Waals surface area contributed by atoms with E-state index in [0.717, 1.165) is 32.9 Å². The van der Waals surface area contributed by atoms with E-state index in [9.17, 15) is 14.4 Å². The number of H-pyrrole nitrogens is 2. The van der Waals surface area contributed by atoms with Crippen molar-refractivity contribution in [1.29, 1.82) is 0 Å². The molecule has 33 heavy (non-hydrogen) atoms. The molecule has 9 heteroatoms. The summed E-state index contributed by atoms with van der Waals surface area (Å²) < 4.78 is 0. The third-order valence-corrected chi connectivity index (χ3v) is 5.60. The lowest BCUT2D eigenvalue weighted by atomic mass is 10.0. The minimum Gasteiger partial charge on any atom is -0.480 e. The highest BCUT2D eigenvalue weighted by atomic mass is 16.4. The third-order valence-electron chi connectivity index (χ3n) is 5.60. The van der Waals surface area contributed by atoms with E-state index in [1.165, 1.54) is 0 Å². The molecule has 2 aromatic heterocycles. The number of hydrogen-bond acceptors (Lipinski definition) is 4. The van der Waals surface area contributed by atoms with Gasteiger partial charge in [0.1, 0.15) is 12.6 Å². The van der Waals surface area contributed by atoms with Crippen LogP contribution in [0.1, 0.15) is 11.1 Å². The Morgan fingerprint density at radius 1 is 0.848 bits per heavy atom. The SMILES string of the molecule is NC(Cc1c[nH]c2ccccc12)C(=O)NC(Cc1c[nH]c2ccccc12)C(=O)NCC(=O)O. The van der Waals surface area contributed by atoms with Gasteiger partial charge in [-0.3, -0.25) is 14.4 Å². The Morgan fingerprint density at radius 2 is 1.39 bits per heavy atom. The van der Waals surface area contributed by atoms with Crippen LogP contribution < -0.4 is 16.4 Å². The maximum absolute atomic E-state index is 12.9. The number of carboxylic acids is 1. The number of carbonyl (C=O) groups is 3. The highest BCUT2D eigenvalue weighted by molar-refractivity contribution is 5.93. The van der Waals surface area contributed by atoms with Gasteiger partial charge in [-0.2, -0.15) is 0 Å². The number of carbonyl (C=O) groups excluding carboxylic acids is 2. The first-order valence-corrected chi connectivity index (χ1v) is 10.6. The average Bonchev–Trinajstić information content (AvgIpc) is 3.41. The van der Waals surface area contributed by atoms with Crippen LogP contribution in [0.15, 0.2) is 60.9 Å². The number of aliphatic carboxylic acids is 1. The highest BCUT2D eigenvalue weighted by Crippen LogP contribution is 2.20. The molecule has 0 saturated carbocycles. The molecule has 0 fully saturated rings. The van der Waals surface area contributed by atoms with E-state index in [2.05, 4.69) is 20.6 Å². The normalized spacial score (nSPS) is 13.0. The number of carboxylic acid groups (broad SMARTS) is 1. The van der Waals surface area contributed by atoms with Crippen molar-refractivity contribution in [2.24, 2.45) is 5.73 Å². The minimum atomic E-state index is -1.17. The van der Waals surface area contributed by atoms with Crippen molar-refractivity contribution < 1.29 is 19.5 Å². The van der Waals surface area contributed by atoms with Gasteiger partial charge < -0.3 is 31.4 Å². The van der Waals surface area contributed by atoms with Gasteiger partial charge in [0.15, 0.2) is 0 Å². The fraction of sp³-hybridized carbons (Fsp3) is 0.208. The van der Waals surface area contributed by atoms with E-state index < -0.39 is 36.4 Å². The first-order chi connectivity index (χ1) is 15.9. The van der Waals surface area contributed by atoms with Gasteiger partial charge in [-0.15, -0.1) is 0 Å². The summed E-state index contributed by atoms with van der Waals surface area (Å²) in [5.74, 6) is -2.25. The van der Waals surface area contributed by atoms with E-state index in [0.29, 0.717) is 0 Å². The highest BCUT2D eigenvalue weighted by Gasteiger charge is 2.26. The molecule has 0 aliphatic rings. The Balaban J connectivity index is 1.50. The maximum Gasteiger partial charge on any atom is 0.322 e. The molecule has 170 valence electrons. The van der Waals surface area contributed by atoms with Crippen molar-refractivity contribution in [2.45, 2.75) is 24.9 Å². The molecule has 4 rings (SSSR count). The Hall–Kier alpha value is -4.11. The topological polar surface area (TPSA) is 153 Å². The Labute approximate surface area is 189 Å². The second-order valence-corrected chi connectivity index (χ2v) is 7.91. The van der Waals surface area contributed by atoms with Crippen LogP contribution in [0.25, 0.3) is 21.8 Å². The summed E-state index contributed by atoms with van der Waals surface area (Å²) in [5, 5.41) is 15.9. The molecule has 0 bridgehead atoms. The molecule has 2 unspecified atom stereocenters. The zero-order chi connectivity index (χ0) is 23.4. The van der Waals surface area contributed by atoms with E-state index >= 15 is 0 Å². The number of benzene rings is 2. The number of fused-ring (bicyclic) bond motifs is 2. The second kappa shape index (κ2) is 9.58. The third kappa shape index (κ3) is 5.04. The molecule has 2 aromatic carbocycles. The molecule has 0 spiro atoms.